The standard InChI is InChI=1S/C17H14F2O2S/c18-17(19,22-14-9-5-2-6-10-14)16(12-11-15(20)21-16)13-7-3-1-4-8-13/h1-10H,11-12H2. The Kier molecular flexibility index (Phi) is 3.91. The molecule has 0 bridgehead atoms. The van der Waals surface area contributed by atoms with Crippen molar-refractivity contribution in [2.75, 3.05) is 0 Å². The van der Waals surface area contributed by atoms with E-state index in [9.17, 15) is 4.79 Å². The summed E-state index contributed by atoms with van der Waals surface area (Å²) < 4.78 is 35.2. The van der Waals surface area contributed by atoms with Gasteiger partial charge in [0.05, 0.1) is 0 Å². The Morgan fingerprint density at radius 2 is 1.59 bits per heavy atom. The highest BCUT2D eigenvalue weighted by molar-refractivity contribution is 8.00. The molecule has 0 radical (unpaired) electrons. The summed E-state index contributed by atoms with van der Waals surface area (Å²) in [6.07, 6.45) is -0.0253. The molecule has 0 amide bonds. The van der Waals surface area contributed by atoms with E-state index in [1.54, 1.807) is 60.7 Å². The first kappa shape index (κ1) is 15.0. The molecule has 1 atom stereocenters. The van der Waals surface area contributed by atoms with E-state index in [-0.39, 0.29) is 12.8 Å². The molecule has 1 fully saturated rings. The summed E-state index contributed by atoms with van der Waals surface area (Å²) in [6, 6.07) is 16.7. The second kappa shape index (κ2) is 5.72. The smallest absolute Gasteiger partial charge is 0.341 e. The van der Waals surface area contributed by atoms with E-state index in [1.807, 2.05) is 0 Å². The number of alkyl halides is 2. The number of halogens is 2. The Labute approximate surface area is 131 Å². The van der Waals surface area contributed by atoms with E-state index < -0.39 is 16.8 Å². The molecule has 0 aromatic heterocycles. The first-order chi connectivity index (χ1) is 10.5. The maximum atomic E-state index is 15.0. The topological polar surface area (TPSA) is 26.3 Å². The third-order valence-corrected chi connectivity index (χ3v) is 4.76. The fourth-order valence-electron chi connectivity index (χ4n) is 2.58. The first-order valence-corrected chi connectivity index (χ1v) is 7.74. The number of esters is 1. The van der Waals surface area contributed by atoms with Gasteiger partial charge in [0.1, 0.15) is 0 Å². The highest BCUT2D eigenvalue weighted by atomic mass is 32.2. The van der Waals surface area contributed by atoms with Crippen molar-refractivity contribution in [2.24, 2.45) is 0 Å². The fourth-order valence-corrected chi connectivity index (χ4v) is 3.59. The van der Waals surface area contributed by atoms with Gasteiger partial charge in [0.25, 0.3) is 0 Å². The minimum atomic E-state index is -3.26. The lowest BCUT2D eigenvalue weighted by atomic mass is 9.91. The Hall–Kier alpha value is -1.88. The Morgan fingerprint density at radius 3 is 2.14 bits per heavy atom. The lowest BCUT2D eigenvalue weighted by Gasteiger charge is -2.35. The molecule has 2 aromatic rings. The lowest BCUT2D eigenvalue weighted by molar-refractivity contribution is -0.172. The molecule has 0 N–H and O–H groups in total. The van der Waals surface area contributed by atoms with Gasteiger partial charge in [-0.2, -0.15) is 8.78 Å². The minimum absolute atomic E-state index is 0.000165. The highest BCUT2D eigenvalue weighted by Gasteiger charge is 2.61. The van der Waals surface area contributed by atoms with Crippen molar-refractivity contribution in [3.05, 3.63) is 66.2 Å². The summed E-state index contributed by atoms with van der Waals surface area (Å²) in [5.74, 6) is -0.586. The van der Waals surface area contributed by atoms with Crippen LogP contribution in [0.4, 0.5) is 8.78 Å². The van der Waals surface area contributed by atoms with E-state index in [1.165, 1.54) is 0 Å². The molecule has 22 heavy (non-hydrogen) atoms. The molecule has 0 spiro atoms. The van der Waals surface area contributed by atoms with Gasteiger partial charge in [0, 0.05) is 23.3 Å². The van der Waals surface area contributed by atoms with Gasteiger partial charge in [-0.15, -0.1) is 0 Å². The van der Waals surface area contributed by atoms with Gasteiger partial charge >= 0.3 is 11.2 Å². The molecule has 0 saturated carbocycles. The minimum Gasteiger partial charge on any atom is -0.447 e. The Morgan fingerprint density at radius 1 is 1.00 bits per heavy atom. The zero-order valence-corrected chi connectivity index (χ0v) is 12.5. The zero-order valence-electron chi connectivity index (χ0n) is 11.7. The van der Waals surface area contributed by atoms with Crippen LogP contribution >= 0.6 is 11.8 Å². The molecule has 5 heteroatoms. The number of carbonyl (C=O) groups is 1. The number of carbonyl (C=O) groups excluding carboxylic acids is 1. The molecule has 0 aliphatic carbocycles. The molecule has 1 aliphatic heterocycles. The number of thioether (sulfide) groups is 1. The monoisotopic (exact) mass is 320 g/mol. The number of rotatable bonds is 4. The highest BCUT2D eigenvalue weighted by Crippen LogP contribution is 2.55. The quantitative estimate of drug-likeness (QED) is 0.608. The number of cyclic esters (lactones) is 1. The van der Waals surface area contributed by atoms with Crippen LogP contribution in [0.5, 0.6) is 0 Å². The SMILES string of the molecule is O=C1CCC(c2ccccc2)(C(F)(F)Sc2ccccc2)O1. The van der Waals surface area contributed by atoms with Crippen molar-refractivity contribution >= 4 is 17.7 Å². The molecule has 1 aliphatic rings. The van der Waals surface area contributed by atoms with Crippen molar-refractivity contribution in [1.29, 1.82) is 0 Å². The van der Waals surface area contributed by atoms with Crippen LogP contribution in [0.3, 0.4) is 0 Å². The molecule has 1 unspecified atom stereocenters. The molecular formula is C17H14F2O2S. The summed E-state index contributed by atoms with van der Waals surface area (Å²) in [5, 5.41) is -3.26. The van der Waals surface area contributed by atoms with Crippen LogP contribution in [0.2, 0.25) is 0 Å². The molecule has 114 valence electrons. The molecule has 2 aromatic carbocycles. The molecular weight excluding hydrogens is 306 g/mol. The molecule has 1 heterocycles. The van der Waals surface area contributed by atoms with E-state index >= 15 is 8.78 Å². The van der Waals surface area contributed by atoms with Gasteiger partial charge in [0.2, 0.25) is 5.60 Å². The van der Waals surface area contributed by atoms with Crippen LogP contribution in [0.25, 0.3) is 0 Å². The van der Waals surface area contributed by atoms with E-state index in [0.717, 1.165) is 0 Å². The maximum absolute atomic E-state index is 15.0. The fraction of sp³-hybridized carbons (Fsp3) is 0.235. The Bertz CT molecular complexity index is 661. The zero-order chi connectivity index (χ0) is 15.6. The summed E-state index contributed by atoms with van der Waals surface area (Å²) in [7, 11) is 0. The molecule has 3 rings (SSSR count). The van der Waals surface area contributed by atoms with Crippen LogP contribution in [-0.4, -0.2) is 11.2 Å². The van der Waals surface area contributed by atoms with Crippen molar-refractivity contribution in [3.63, 3.8) is 0 Å². The van der Waals surface area contributed by atoms with E-state index in [0.29, 0.717) is 22.2 Å². The number of hydrogen-bond donors (Lipinski definition) is 0. The van der Waals surface area contributed by atoms with Gasteiger partial charge in [-0.1, -0.05) is 48.5 Å². The average molecular weight is 320 g/mol. The van der Waals surface area contributed by atoms with Gasteiger partial charge in [-0.05, 0) is 23.9 Å². The van der Waals surface area contributed by atoms with Crippen LogP contribution in [0.1, 0.15) is 18.4 Å². The second-order valence-electron chi connectivity index (χ2n) is 5.10. The van der Waals surface area contributed by atoms with Crippen LogP contribution < -0.4 is 0 Å². The summed E-state index contributed by atoms with van der Waals surface area (Å²) in [5.41, 5.74) is -1.58. The number of benzene rings is 2. The van der Waals surface area contributed by atoms with Gasteiger partial charge in [-0.3, -0.25) is 4.79 Å². The predicted molar refractivity (Wildman–Crippen MR) is 80.7 cm³/mol. The summed E-state index contributed by atoms with van der Waals surface area (Å²) in [6.45, 7) is 0. The third-order valence-electron chi connectivity index (χ3n) is 3.67. The van der Waals surface area contributed by atoms with Crippen molar-refractivity contribution in [2.45, 2.75) is 28.6 Å². The van der Waals surface area contributed by atoms with Gasteiger partial charge in [0.15, 0.2) is 0 Å². The third kappa shape index (κ3) is 2.61. The van der Waals surface area contributed by atoms with E-state index in [4.69, 9.17) is 4.74 Å². The second-order valence-corrected chi connectivity index (χ2v) is 6.29. The molecule has 2 nitrogen and oxygen atoms in total. The van der Waals surface area contributed by atoms with Crippen LogP contribution in [0, 0.1) is 0 Å². The van der Waals surface area contributed by atoms with Crippen molar-refractivity contribution < 1.29 is 18.3 Å². The Balaban J connectivity index is 2.00. The van der Waals surface area contributed by atoms with E-state index in [2.05, 4.69) is 0 Å². The number of hydrogen-bond acceptors (Lipinski definition) is 3. The van der Waals surface area contributed by atoms with Crippen LogP contribution in [-0.2, 0) is 15.1 Å². The normalized spacial score (nSPS) is 21.6. The maximum Gasteiger partial charge on any atom is 0.341 e. The van der Waals surface area contributed by atoms with Crippen molar-refractivity contribution in [1.82, 2.24) is 0 Å². The van der Waals surface area contributed by atoms with Gasteiger partial charge in [-0.25, -0.2) is 0 Å². The van der Waals surface area contributed by atoms with Crippen LogP contribution in [0.15, 0.2) is 65.6 Å². The predicted octanol–water partition coefficient (Wildman–Crippen LogP) is 4.60. The average Bonchev–Trinajstić information content (AvgIpc) is 2.93. The van der Waals surface area contributed by atoms with Crippen molar-refractivity contribution in [3.8, 4) is 0 Å². The summed E-state index contributed by atoms with van der Waals surface area (Å²) >= 11 is 0.428. The first-order valence-electron chi connectivity index (χ1n) is 6.93. The molecule has 1 saturated heterocycles. The van der Waals surface area contributed by atoms with Gasteiger partial charge < -0.3 is 4.74 Å². The largest absolute Gasteiger partial charge is 0.447 e. The number of ether oxygens (including phenoxy) is 1. The summed E-state index contributed by atoms with van der Waals surface area (Å²) in [4.78, 5) is 12.0. The lowest BCUT2D eigenvalue weighted by Crippen LogP contribution is -2.43.